The summed E-state index contributed by atoms with van der Waals surface area (Å²) in [7, 11) is 1.76. The molecule has 1 aromatic rings. The summed E-state index contributed by atoms with van der Waals surface area (Å²) in [5.74, 6) is 0.735. The largest absolute Gasteiger partial charge is 0.491 e. The number of carbonyl (C=O) groups is 1. The first-order valence-corrected chi connectivity index (χ1v) is 6.12. The van der Waals surface area contributed by atoms with E-state index in [4.69, 9.17) is 4.74 Å². The van der Waals surface area contributed by atoms with E-state index in [1.54, 1.807) is 7.05 Å². The van der Waals surface area contributed by atoms with E-state index in [-0.39, 0.29) is 12.0 Å². The van der Waals surface area contributed by atoms with E-state index in [1.165, 1.54) is 0 Å². The molecule has 0 saturated carbocycles. The molecule has 1 rings (SSSR count). The average Bonchev–Trinajstić information content (AvgIpc) is 2.31. The van der Waals surface area contributed by atoms with E-state index < -0.39 is 5.54 Å². The molecule has 100 valence electrons. The lowest BCUT2D eigenvalue weighted by atomic mass is 10.1. The summed E-state index contributed by atoms with van der Waals surface area (Å²) in [4.78, 5) is 11.9. The third-order valence-electron chi connectivity index (χ3n) is 2.68. The Hall–Kier alpha value is -1.55. The van der Waals surface area contributed by atoms with Gasteiger partial charge in [0.1, 0.15) is 5.75 Å². The van der Waals surface area contributed by atoms with Crippen molar-refractivity contribution in [2.75, 3.05) is 12.4 Å². The maximum atomic E-state index is 11.9. The number of nitrogens with one attached hydrogen (secondary N) is 2. The van der Waals surface area contributed by atoms with E-state index >= 15 is 0 Å². The number of anilines is 1. The summed E-state index contributed by atoms with van der Waals surface area (Å²) < 4.78 is 5.54. The second kappa shape index (κ2) is 5.87. The lowest BCUT2D eigenvalue weighted by Crippen LogP contribution is -2.47. The van der Waals surface area contributed by atoms with Crippen molar-refractivity contribution < 1.29 is 9.53 Å². The lowest BCUT2D eigenvalue weighted by molar-refractivity contribution is -0.121. The summed E-state index contributed by atoms with van der Waals surface area (Å²) in [6.45, 7) is 7.62. The molecule has 4 nitrogen and oxygen atoms in total. The minimum Gasteiger partial charge on any atom is -0.491 e. The standard InChI is InChI=1S/C14H22N2O2/c1-10(2)18-12-8-6-11(7-9-12)16-13(17)14(3,4)15-5/h6-10,15H,1-5H3,(H,16,17). The topological polar surface area (TPSA) is 50.4 Å². The fourth-order valence-corrected chi connectivity index (χ4v) is 1.29. The molecule has 0 spiro atoms. The monoisotopic (exact) mass is 250 g/mol. The molecule has 18 heavy (non-hydrogen) atoms. The van der Waals surface area contributed by atoms with E-state index in [2.05, 4.69) is 10.6 Å². The molecule has 0 saturated heterocycles. The minimum atomic E-state index is -0.590. The quantitative estimate of drug-likeness (QED) is 0.843. The van der Waals surface area contributed by atoms with Crippen LogP contribution in [-0.2, 0) is 4.79 Å². The van der Waals surface area contributed by atoms with Crippen LogP contribution in [0, 0.1) is 0 Å². The first kappa shape index (κ1) is 14.5. The molecule has 0 aliphatic heterocycles. The number of likely N-dealkylation sites (N-methyl/N-ethyl adjacent to an activating group) is 1. The molecule has 0 aliphatic carbocycles. The van der Waals surface area contributed by atoms with Crippen molar-refractivity contribution in [2.24, 2.45) is 0 Å². The Morgan fingerprint density at radius 1 is 1.22 bits per heavy atom. The van der Waals surface area contributed by atoms with Gasteiger partial charge < -0.3 is 15.4 Å². The van der Waals surface area contributed by atoms with Crippen LogP contribution in [0.2, 0.25) is 0 Å². The van der Waals surface area contributed by atoms with E-state index in [9.17, 15) is 4.79 Å². The van der Waals surface area contributed by atoms with Crippen molar-refractivity contribution >= 4 is 11.6 Å². The van der Waals surface area contributed by atoms with Gasteiger partial charge in [-0.3, -0.25) is 4.79 Å². The van der Waals surface area contributed by atoms with Crippen molar-refractivity contribution in [1.29, 1.82) is 0 Å². The molecule has 0 bridgehead atoms. The smallest absolute Gasteiger partial charge is 0.244 e. The van der Waals surface area contributed by atoms with Gasteiger partial charge in [0.25, 0.3) is 0 Å². The highest BCUT2D eigenvalue weighted by atomic mass is 16.5. The zero-order valence-electron chi connectivity index (χ0n) is 11.7. The Morgan fingerprint density at radius 3 is 2.22 bits per heavy atom. The first-order chi connectivity index (χ1) is 8.35. The molecule has 0 atom stereocenters. The number of rotatable bonds is 5. The van der Waals surface area contributed by atoms with Gasteiger partial charge in [-0.1, -0.05) is 0 Å². The summed E-state index contributed by atoms with van der Waals surface area (Å²) in [6.07, 6.45) is 0.147. The molecule has 1 amide bonds. The number of carbonyl (C=O) groups excluding carboxylic acids is 1. The van der Waals surface area contributed by atoms with Crippen LogP contribution in [0.5, 0.6) is 5.75 Å². The van der Waals surface area contributed by atoms with Crippen LogP contribution in [-0.4, -0.2) is 24.6 Å². The molecule has 0 unspecified atom stereocenters. The average molecular weight is 250 g/mol. The predicted octanol–water partition coefficient (Wildman–Crippen LogP) is 2.41. The van der Waals surface area contributed by atoms with Gasteiger partial charge in [0.2, 0.25) is 5.91 Å². The van der Waals surface area contributed by atoms with Gasteiger partial charge in [0, 0.05) is 5.69 Å². The third-order valence-corrected chi connectivity index (χ3v) is 2.68. The van der Waals surface area contributed by atoms with E-state index in [1.807, 2.05) is 52.0 Å². The molecular formula is C14H22N2O2. The lowest BCUT2D eigenvalue weighted by Gasteiger charge is -2.22. The minimum absolute atomic E-state index is 0.0671. The van der Waals surface area contributed by atoms with E-state index in [0.717, 1.165) is 11.4 Å². The van der Waals surface area contributed by atoms with Crippen molar-refractivity contribution in [3.63, 3.8) is 0 Å². The summed E-state index contributed by atoms with van der Waals surface area (Å²) in [6, 6.07) is 7.37. The van der Waals surface area contributed by atoms with Gasteiger partial charge in [-0.2, -0.15) is 0 Å². The number of hydrogen-bond donors (Lipinski definition) is 2. The summed E-state index contributed by atoms with van der Waals surface area (Å²) in [5.41, 5.74) is 0.173. The number of amides is 1. The molecule has 1 aromatic carbocycles. The summed E-state index contributed by atoms with van der Waals surface area (Å²) in [5, 5.41) is 5.82. The number of benzene rings is 1. The van der Waals surface area contributed by atoms with Crippen LogP contribution in [0.15, 0.2) is 24.3 Å². The highest BCUT2D eigenvalue weighted by molar-refractivity contribution is 5.97. The second-order valence-electron chi connectivity index (χ2n) is 5.02. The SMILES string of the molecule is CNC(C)(C)C(=O)Nc1ccc(OC(C)C)cc1. The van der Waals surface area contributed by atoms with Gasteiger partial charge >= 0.3 is 0 Å². The van der Waals surface area contributed by atoms with Crippen LogP contribution in [0.4, 0.5) is 5.69 Å². The molecule has 0 heterocycles. The Balaban J connectivity index is 2.67. The zero-order valence-corrected chi connectivity index (χ0v) is 11.7. The number of ether oxygens (including phenoxy) is 1. The Labute approximate surface area is 109 Å². The summed E-state index contributed by atoms with van der Waals surface area (Å²) >= 11 is 0. The van der Waals surface area contributed by atoms with Gasteiger partial charge in [-0.25, -0.2) is 0 Å². The maximum Gasteiger partial charge on any atom is 0.244 e. The van der Waals surface area contributed by atoms with Crippen LogP contribution < -0.4 is 15.4 Å². The highest BCUT2D eigenvalue weighted by Gasteiger charge is 2.24. The Bertz CT molecular complexity index is 397. The van der Waals surface area contributed by atoms with Gasteiger partial charge in [0.05, 0.1) is 11.6 Å². The second-order valence-corrected chi connectivity index (χ2v) is 5.02. The maximum absolute atomic E-state index is 11.9. The normalized spacial score (nSPS) is 11.4. The van der Waals surface area contributed by atoms with Crippen molar-refractivity contribution in [3.05, 3.63) is 24.3 Å². The molecule has 0 aliphatic rings. The third kappa shape index (κ3) is 4.04. The van der Waals surface area contributed by atoms with Crippen molar-refractivity contribution in [1.82, 2.24) is 5.32 Å². The molecule has 4 heteroatoms. The highest BCUT2D eigenvalue weighted by Crippen LogP contribution is 2.17. The molecule has 0 fully saturated rings. The van der Waals surface area contributed by atoms with Gasteiger partial charge in [0.15, 0.2) is 0 Å². The molecule has 0 aromatic heterocycles. The fraction of sp³-hybridized carbons (Fsp3) is 0.500. The Kier molecular flexibility index (Phi) is 4.73. The van der Waals surface area contributed by atoms with Crippen LogP contribution in [0.1, 0.15) is 27.7 Å². The van der Waals surface area contributed by atoms with Crippen LogP contribution in [0.3, 0.4) is 0 Å². The van der Waals surface area contributed by atoms with Crippen LogP contribution >= 0.6 is 0 Å². The molecular weight excluding hydrogens is 228 g/mol. The van der Waals surface area contributed by atoms with Crippen molar-refractivity contribution in [3.8, 4) is 5.75 Å². The fourth-order valence-electron chi connectivity index (χ4n) is 1.29. The van der Waals surface area contributed by atoms with Crippen LogP contribution in [0.25, 0.3) is 0 Å². The Morgan fingerprint density at radius 2 is 1.78 bits per heavy atom. The number of hydrogen-bond acceptors (Lipinski definition) is 3. The van der Waals surface area contributed by atoms with Gasteiger partial charge in [-0.15, -0.1) is 0 Å². The van der Waals surface area contributed by atoms with Crippen molar-refractivity contribution in [2.45, 2.75) is 39.3 Å². The first-order valence-electron chi connectivity index (χ1n) is 6.12. The molecule has 0 radical (unpaired) electrons. The predicted molar refractivity (Wildman–Crippen MR) is 74.0 cm³/mol. The molecule has 2 N–H and O–H groups in total. The van der Waals surface area contributed by atoms with E-state index in [0.29, 0.717) is 0 Å². The zero-order chi connectivity index (χ0) is 13.8. The van der Waals surface area contributed by atoms with Gasteiger partial charge in [-0.05, 0) is 59.0 Å².